The van der Waals surface area contributed by atoms with Crippen molar-refractivity contribution in [2.45, 2.75) is 18.9 Å². The Morgan fingerprint density at radius 3 is 2.39 bits per heavy atom. The van der Waals surface area contributed by atoms with E-state index in [4.69, 9.17) is 14.2 Å². The van der Waals surface area contributed by atoms with E-state index >= 15 is 0 Å². The van der Waals surface area contributed by atoms with Crippen molar-refractivity contribution in [1.82, 2.24) is 0 Å². The van der Waals surface area contributed by atoms with Crippen LogP contribution in [0.2, 0.25) is 0 Å². The molecule has 0 N–H and O–H groups in total. The number of hydrogen-bond acceptors (Lipinski definition) is 5. The zero-order valence-electron chi connectivity index (χ0n) is 18.2. The predicted octanol–water partition coefficient (Wildman–Crippen LogP) is 4.61. The van der Waals surface area contributed by atoms with Gasteiger partial charge in [-0.2, -0.15) is 0 Å². The van der Waals surface area contributed by atoms with E-state index in [2.05, 4.69) is 0 Å². The van der Waals surface area contributed by atoms with E-state index in [1.165, 1.54) is 0 Å². The summed E-state index contributed by atoms with van der Waals surface area (Å²) < 4.78 is 16.9. The van der Waals surface area contributed by atoms with Gasteiger partial charge in [0, 0.05) is 18.0 Å². The lowest BCUT2D eigenvalue weighted by Crippen LogP contribution is -2.37. The SMILES string of the molecule is COc1cc([C@H]2CC(=O)N(c3ccccc3)C3=C2C(=O)OC3)ccc1OCc1ccccc1. The first-order valence-electron chi connectivity index (χ1n) is 10.8. The molecule has 0 radical (unpaired) electrons. The van der Waals surface area contributed by atoms with Gasteiger partial charge in [0.05, 0.1) is 18.4 Å². The van der Waals surface area contributed by atoms with Crippen LogP contribution in [0.25, 0.3) is 0 Å². The molecule has 0 spiro atoms. The monoisotopic (exact) mass is 441 g/mol. The van der Waals surface area contributed by atoms with Gasteiger partial charge < -0.3 is 14.2 Å². The molecule has 6 nitrogen and oxygen atoms in total. The highest BCUT2D eigenvalue weighted by Gasteiger charge is 2.43. The second-order valence-electron chi connectivity index (χ2n) is 7.94. The molecule has 0 unspecified atom stereocenters. The van der Waals surface area contributed by atoms with Gasteiger partial charge in [-0.1, -0.05) is 54.6 Å². The van der Waals surface area contributed by atoms with Crippen molar-refractivity contribution >= 4 is 17.6 Å². The summed E-state index contributed by atoms with van der Waals surface area (Å²) in [4.78, 5) is 27.5. The van der Waals surface area contributed by atoms with Gasteiger partial charge in [-0.05, 0) is 35.4 Å². The molecule has 0 fully saturated rings. The van der Waals surface area contributed by atoms with E-state index in [0.29, 0.717) is 29.4 Å². The van der Waals surface area contributed by atoms with Gasteiger partial charge in [-0.25, -0.2) is 4.79 Å². The molecule has 0 aliphatic carbocycles. The maximum atomic E-state index is 13.2. The molecule has 5 rings (SSSR count). The second-order valence-corrected chi connectivity index (χ2v) is 7.94. The number of methoxy groups -OCH3 is 1. The molecule has 6 heteroatoms. The summed E-state index contributed by atoms with van der Waals surface area (Å²) in [7, 11) is 1.58. The summed E-state index contributed by atoms with van der Waals surface area (Å²) in [6.45, 7) is 0.493. The van der Waals surface area contributed by atoms with Gasteiger partial charge in [0.15, 0.2) is 11.5 Å². The first kappa shape index (κ1) is 20.8. The Hall–Kier alpha value is -4.06. The number of esters is 1. The first-order valence-corrected chi connectivity index (χ1v) is 10.8. The predicted molar refractivity (Wildman–Crippen MR) is 123 cm³/mol. The van der Waals surface area contributed by atoms with Crippen molar-refractivity contribution in [2.75, 3.05) is 18.6 Å². The normalized spacial score (nSPS) is 17.6. The van der Waals surface area contributed by atoms with E-state index in [0.717, 1.165) is 16.8 Å². The Balaban J connectivity index is 1.47. The lowest BCUT2D eigenvalue weighted by Gasteiger charge is -2.32. The largest absolute Gasteiger partial charge is 0.493 e. The molecule has 2 aliphatic rings. The fourth-order valence-corrected chi connectivity index (χ4v) is 4.37. The highest BCUT2D eigenvalue weighted by Crippen LogP contribution is 2.43. The van der Waals surface area contributed by atoms with Crippen molar-refractivity contribution in [1.29, 1.82) is 0 Å². The molecule has 3 aromatic rings. The molecule has 0 bridgehead atoms. The summed E-state index contributed by atoms with van der Waals surface area (Å²) in [5.41, 5.74) is 3.72. The lowest BCUT2D eigenvalue weighted by atomic mass is 9.84. The Labute approximate surface area is 192 Å². The van der Waals surface area contributed by atoms with Crippen molar-refractivity contribution in [3.05, 3.63) is 101 Å². The number of anilines is 1. The molecule has 3 aromatic carbocycles. The van der Waals surface area contributed by atoms with Gasteiger partial charge in [-0.3, -0.25) is 9.69 Å². The average Bonchev–Trinajstić information content (AvgIpc) is 3.24. The Kier molecular flexibility index (Phi) is 5.57. The van der Waals surface area contributed by atoms with Crippen molar-refractivity contribution in [3.8, 4) is 11.5 Å². The maximum Gasteiger partial charge on any atom is 0.336 e. The number of rotatable bonds is 6. The van der Waals surface area contributed by atoms with Crippen LogP contribution in [-0.4, -0.2) is 25.6 Å². The minimum Gasteiger partial charge on any atom is -0.493 e. The van der Waals surface area contributed by atoms with E-state index in [9.17, 15) is 9.59 Å². The Morgan fingerprint density at radius 1 is 0.939 bits per heavy atom. The van der Waals surface area contributed by atoms with Crippen LogP contribution in [0.3, 0.4) is 0 Å². The lowest BCUT2D eigenvalue weighted by molar-refractivity contribution is -0.136. The molecular formula is C27H23NO5. The molecule has 0 aromatic heterocycles. The third-order valence-electron chi connectivity index (χ3n) is 5.96. The van der Waals surface area contributed by atoms with Gasteiger partial charge in [0.1, 0.15) is 13.2 Å². The molecule has 166 valence electrons. The van der Waals surface area contributed by atoms with Crippen LogP contribution in [0.1, 0.15) is 23.5 Å². The minimum absolute atomic E-state index is 0.0772. The van der Waals surface area contributed by atoms with E-state index < -0.39 is 5.92 Å². The highest BCUT2D eigenvalue weighted by molar-refractivity contribution is 6.06. The van der Waals surface area contributed by atoms with E-state index in [-0.39, 0.29) is 24.9 Å². The molecule has 33 heavy (non-hydrogen) atoms. The van der Waals surface area contributed by atoms with E-state index in [1.54, 1.807) is 12.0 Å². The van der Waals surface area contributed by atoms with Crippen LogP contribution in [0.5, 0.6) is 11.5 Å². The number of amides is 1. The first-order chi connectivity index (χ1) is 16.2. The standard InChI is InChI=1S/C27H23NO5/c1-31-24-14-19(12-13-23(24)32-16-18-8-4-2-5-9-18)21-15-25(29)28(20-10-6-3-7-11-20)22-17-33-27(30)26(21)22/h2-14,21H,15-17H2,1H3/t21-/m1/s1. The van der Waals surface area contributed by atoms with Crippen LogP contribution in [0.4, 0.5) is 5.69 Å². The number of carbonyl (C=O) groups is 2. The summed E-state index contributed by atoms with van der Waals surface area (Å²) >= 11 is 0. The van der Waals surface area contributed by atoms with Crippen molar-refractivity contribution in [3.63, 3.8) is 0 Å². The Bertz CT molecular complexity index is 1220. The molecule has 1 atom stereocenters. The van der Waals surface area contributed by atoms with Gasteiger partial charge in [0.25, 0.3) is 0 Å². The topological polar surface area (TPSA) is 65.1 Å². The number of para-hydroxylation sites is 1. The van der Waals surface area contributed by atoms with Crippen molar-refractivity contribution in [2.24, 2.45) is 0 Å². The molecule has 2 heterocycles. The quantitative estimate of drug-likeness (QED) is 0.523. The minimum atomic E-state index is -0.403. The smallest absolute Gasteiger partial charge is 0.336 e. The van der Waals surface area contributed by atoms with Gasteiger partial charge in [0.2, 0.25) is 5.91 Å². The summed E-state index contributed by atoms with van der Waals surface area (Å²) in [6, 6.07) is 24.7. The number of nitrogens with zero attached hydrogens (tertiary/aromatic N) is 1. The fraction of sp³-hybridized carbons (Fsp3) is 0.185. The van der Waals surface area contributed by atoms with Crippen molar-refractivity contribution < 1.29 is 23.8 Å². The average molecular weight is 441 g/mol. The number of hydrogen-bond donors (Lipinski definition) is 0. The molecule has 0 saturated heterocycles. The van der Waals surface area contributed by atoms with Gasteiger partial charge in [-0.15, -0.1) is 0 Å². The zero-order chi connectivity index (χ0) is 22.8. The van der Waals surface area contributed by atoms with Gasteiger partial charge >= 0.3 is 5.97 Å². The highest BCUT2D eigenvalue weighted by atomic mass is 16.5. The van der Waals surface area contributed by atoms with Crippen LogP contribution < -0.4 is 14.4 Å². The van der Waals surface area contributed by atoms with E-state index in [1.807, 2.05) is 78.9 Å². The Morgan fingerprint density at radius 2 is 1.67 bits per heavy atom. The number of ether oxygens (including phenoxy) is 3. The second kappa shape index (κ2) is 8.82. The molecule has 2 aliphatic heterocycles. The summed E-state index contributed by atoms with van der Waals surface area (Å²) in [5.74, 6) is 0.286. The zero-order valence-corrected chi connectivity index (χ0v) is 18.2. The number of benzene rings is 3. The van der Waals surface area contributed by atoms with Crippen LogP contribution >= 0.6 is 0 Å². The summed E-state index contributed by atoms with van der Waals surface area (Å²) in [6.07, 6.45) is 0.163. The fourth-order valence-electron chi connectivity index (χ4n) is 4.37. The molecule has 1 amide bonds. The maximum absolute atomic E-state index is 13.2. The summed E-state index contributed by atoms with van der Waals surface area (Å²) in [5, 5.41) is 0. The van der Waals surface area contributed by atoms with Crippen LogP contribution in [0.15, 0.2) is 90.1 Å². The third-order valence-corrected chi connectivity index (χ3v) is 5.96. The van der Waals surface area contributed by atoms with Crippen LogP contribution in [0, 0.1) is 0 Å². The van der Waals surface area contributed by atoms with Crippen LogP contribution in [-0.2, 0) is 20.9 Å². The molecule has 0 saturated carbocycles. The molecular weight excluding hydrogens is 418 g/mol. The third kappa shape index (κ3) is 3.96. The number of cyclic esters (lactones) is 1. The number of carbonyl (C=O) groups excluding carboxylic acids is 2.